The van der Waals surface area contributed by atoms with Crippen molar-refractivity contribution in [3.8, 4) is 0 Å². The first-order chi connectivity index (χ1) is 8.62. The van der Waals surface area contributed by atoms with Crippen LogP contribution >= 0.6 is 0 Å². The second-order valence-electron chi connectivity index (χ2n) is 2.48. The van der Waals surface area contributed by atoms with E-state index in [2.05, 4.69) is 27.6 Å². The largest absolute Gasteiger partial charge is 0.466 e. The predicted octanol–water partition coefficient (Wildman–Crippen LogP) is 1.77. The van der Waals surface area contributed by atoms with Crippen molar-refractivity contribution in [2.24, 2.45) is 0 Å². The van der Waals surface area contributed by atoms with Crippen LogP contribution < -0.4 is 0 Å². The maximum atomic E-state index is 9.84. The van der Waals surface area contributed by atoms with Gasteiger partial charge in [-0.2, -0.15) is 0 Å². The smallest absolute Gasteiger partial charge is 0.329 e. The van der Waals surface area contributed by atoms with Crippen molar-refractivity contribution < 1.29 is 35.6 Å². The SMILES string of the molecule is C=CC(=O)OC.C=CC(=O)OC.[Ni].c1ccncc1. The van der Waals surface area contributed by atoms with Gasteiger partial charge in [-0.05, 0) is 12.1 Å². The first-order valence-electron chi connectivity index (χ1n) is 4.88. The quantitative estimate of drug-likeness (QED) is 0.473. The van der Waals surface area contributed by atoms with E-state index >= 15 is 0 Å². The standard InChI is InChI=1S/C5H5N.2C4H6O2.Ni/c1-2-4-6-5-3-1;2*1-3-4(5)6-2;/h1-5H;2*3H,1H2,2H3;. The van der Waals surface area contributed by atoms with Crippen LogP contribution in [0.3, 0.4) is 0 Å². The van der Waals surface area contributed by atoms with Gasteiger partial charge < -0.3 is 9.47 Å². The molecular weight excluding hydrogens is 293 g/mol. The molecule has 1 aromatic rings. The fourth-order valence-electron chi connectivity index (χ4n) is 0.479. The van der Waals surface area contributed by atoms with Crippen LogP contribution in [0.4, 0.5) is 0 Å². The molecule has 0 radical (unpaired) electrons. The number of esters is 2. The number of hydrogen-bond donors (Lipinski definition) is 0. The van der Waals surface area contributed by atoms with Gasteiger partial charge in [0.1, 0.15) is 0 Å². The van der Waals surface area contributed by atoms with Gasteiger partial charge in [-0.15, -0.1) is 0 Å². The van der Waals surface area contributed by atoms with Crippen LogP contribution in [0.2, 0.25) is 0 Å². The molecule has 0 unspecified atom stereocenters. The Morgan fingerprint density at radius 2 is 1.32 bits per heavy atom. The van der Waals surface area contributed by atoms with E-state index in [1.165, 1.54) is 14.2 Å². The molecule has 0 aliphatic carbocycles. The number of rotatable bonds is 2. The molecule has 0 bridgehead atoms. The molecule has 0 saturated heterocycles. The van der Waals surface area contributed by atoms with Crippen LogP contribution in [0.25, 0.3) is 0 Å². The Labute approximate surface area is 123 Å². The molecule has 0 saturated carbocycles. The Balaban J connectivity index is -0.000000197. The van der Waals surface area contributed by atoms with Gasteiger partial charge in [0.05, 0.1) is 14.2 Å². The molecule has 0 atom stereocenters. The Bertz CT molecular complexity index is 308. The number of hydrogen-bond acceptors (Lipinski definition) is 5. The molecule has 0 aliphatic rings. The normalized spacial score (nSPS) is 6.84. The Hall–Kier alpha value is -1.94. The second-order valence-corrected chi connectivity index (χ2v) is 2.48. The van der Waals surface area contributed by atoms with Gasteiger partial charge in [0.15, 0.2) is 0 Å². The average Bonchev–Trinajstić information content (AvgIpc) is 2.48. The first kappa shape index (κ1) is 22.3. The molecular formula is C13H17NNiO4. The molecule has 0 fully saturated rings. The summed E-state index contributed by atoms with van der Waals surface area (Å²) in [5.41, 5.74) is 0. The summed E-state index contributed by atoms with van der Waals surface area (Å²) in [6.45, 7) is 6.31. The van der Waals surface area contributed by atoms with Gasteiger partial charge in [0.2, 0.25) is 0 Å². The van der Waals surface area contributed by atoms with Gasteiger partial charge in [0.25, 0.3) is 0 Å². The fourth-order valence-corrected chi connectivity index (χ4v) is 0.479. The number of pyridine rings is 1. The van der Waals surface area contributed by atoms with E-state index in [1.807, 2.05) is 18.2 Å². The van der Waals surface area contributed by atoms with Gasteiger partial charge in [-0.3, -0.25) is 4.98 Å². The van der Waals surface area contributed by atoms with Crippen LogP contribution in [-0.4, -0.2) is 31.1 Å². The Morgan fingerprint density at radius 1 is 0.947 bits per heavy atom. The third kappa shape index (κ3) is 21.8. The Kier molecular flexibility index (Phi) is 21.6. The first-order valence-corrected chi connectivity index (χ1v) is 4.88. The summed E-state index contributed by atoms with van der Waals surface area (Å²) in [5, 5.41) is 0. The van der Waals surface area contributed by atoms with E-state index in [0.29, 0.717) is 0 Å². The van der Waals surface area contributed by atoms with Crippen LogP contribution in [-0.2, 0) is 35.6 Å². The van der Waals surface area contributed by atoms with Gasteiger partial charge in [-0.25, -0.2) is 9.59 Å². The van der Waals surface area contributed by atoms with E-state index in [-0.39, 0.29) is 16.5 Å². The van der Waals surface area contributed by atoms with E-state index in [9.17, 15) is 9.59 Å². The second kappa shape index (κ2) is 18.4. The molecule has 5 nitrogen and oxygen atoms in total. The minimum atomic E-state index is -0.394. The minimum absolute atomic E-state index is 0. The van der Waals surface area contributed by atoms with Crippen molar-refractivity contribution in [3.05, 3.63) is 55.9 Å². The zero-order valence-corrected chi connectivity index (χ0v) is 11.8. The summed E-state index contributed by atoms with van der Waals surface area (Å²) in [6.07, 6.45) is 5.72. The molecule has 1 aromatic heterocycles. The topological polar surface area (TPSA) is 65.5 Å². The molecule has 0 amide bonds. The molecule has 1 heterocycles. The van der Waals surface area contributed by atoms with Crippen molar-refractivity contribution in [1.29, 1.82) is 0 Å². The summed E-state index contributed by atoms with van der Waals surface area (Å²) >= 11 is 0. The van der Waals surface area contributed by atoms with Crippen LogP contribution in [0.15, 0.2) is 55.9 Å². The summed E-state index contributed by atoms with van der Waals surface area (Å²) < 4.78 is 8.28. The molecule has 6 heteroatoms. The van der Waals surface area contributed by atoms with Crippen molar-refractivity contribution in [2.45, 2.75) is 0 Å². The third-order valence-corrected chi connectivity index (χ3v) is 1.30. The van der Waals surface area contributed by atoms with Gasteiger partial charge in [0, 0.05) is 41.0 Å². The van der Waals surface area contributed by atoms with Crippen molar-refractivity contribution >= 4 is 11.9 Å². The van der Waals surface area contributed by atoms with Crippen LogP contribution in [0.5, 0.6) is 0 Å². The number of ether oxygens (including phenoxy) is 2. The Morgan fingerprint density at radius 3 is 1.37 bits per heavy atom. The molecule has 108 valence electrons. The number of carbonyl (C=O) groups excluding carboxylic acids is 2. The summed E-state index contributed by atoms with van der Waals surface area (Å²) in [7, 11) is 2.62. The molecule has 0 spiro atoms. The molecule has 0 N–H and O–H groups in total. The fraction of sp³-hybridized carbons (Fsp3) is 0.154. The van der Waals surface area contributed by atoms with Crippen LogP contribution in [0, 0.1) is 0 Å². The number of methoxy groups -OCH3 is 2. The predicted molar refractivity (Wildman–Crippen MR) is 68.7 cm³/mol. The van der Waals surface area contributed by atoms with E-state index in [1.54, 1.807) is 12.4 Å². The van der Waals surface area contributed by atoms with Crippen molar-refractivity contribution in [3.63, 3.8) is 0 Å². The maximum Gasteiger partial charge on any atom is 0.329 e. The average molecular weight is 310 g/mol. The molecule has 0 aliphatic heterocycles. The summed E-state index contributed by atoms with van der Waals surface area (Å²) in [5.74, 6) is -0.787. The van der Waals surface area contributed by atoms with E-state index < -0.39 is 11.9 Å². The van der Waals surface area contributed by atoms with E-state index in [4.69, 9.17) is 0 Å². The zero-order valence-electron chi connectivity index (χ0n) is 10.9. The number of nitrogens with zero attached hydrogens (tertiary/aromatic N) is 1. The van der Waals surface area contributed by atoms with E-state index in [0.717, 1.165) is 12.2 Å². The molecule has 19 heavy (non-hydrogen) atoms. The van der Waals surface area contributed by atoms with Crippen molar-refractivity contribution in [1.82, 2.24) is 4.98 Å². The molecule has 0 aromatic carbocycles. The summed E-state index contributed by atoms with van der Waals surface area (Å²) in [4.78, 5) is 23.5. The van der Waals surface area contributed by atoms with Crippen LogP contribution in [0.1, 0.15) is 0 Å². The third-order valence-electron chi connectivity index (χ3n) is 1.30. The van der Waals surface area contributed by atoms with Gasteiger partial charge in [-0.1, -0.05) is 19.2 Å². The number of carbonyl (C=O) groups is 2. The van der Waals surface area contributed by atoms with Gasteiger partial charge >= 0.3 is 11.9 Å². The zero-order chi connectivity index (χ0) is 14.2. The summed E-state index contributed by atoms with van der Waals surface area (Å²) in [6, 6.07) is 5.72. The maximum absolute atomic E-state index is 9.84. The molecule has 1 rings (SSSR count). The monoisotopic (exact) mass is 309 g/mol. The van der Waals surface area contributed by atoms with Crippen molar-refractivity contribution in [2.75, 3.05) is 14.2 Å². The number of aromatic nitrogens is 1. The minimum Gasteiger partial charge on any atom is -0.466 e.